The quantitative estimate of drug-likeness (QED) is 0.762. The van der Waals surface area contributed by atoms with Crippen LogP contribution in [-0.2, 0) is 18.4 Å². The highest BCUT2D eigenvalue weighted by atomic mass is 35.5. The van der Waals surface area contributed by atoms with Crippen molar-refractivity contribution in [2.45, 2.75) is 26.4 Å². The van der Waals surface area contributed by atoms with Crippen LogP contribution in [0.5, 0.6) is 0 Å². The van der Waals surface area contributed by atoms with Gasteiger partial charge < -0.3 is 5.32 Å². The number of fused-ring (bicyclic) bond motifs is 1. The van der Waals surface area contributed by atoms with E-state index in [0.717, 1.165) is 16.7 Å². The van der Waals surface area contributed by atoms with Gasteiger partial charge in [-0.3, -0.25) is 18.8 Å². The lowest BCUT2D eigenvalue weighted by molar-refractivity contribution is -0.124. The van der Waals surface area contributed by atoms with E-state index in [2.05, 4.69) is 20.6 Å². The number of halogens is 1. The van der Waals surface area contributed by atoms with Crippen molar-refractivity contribution >= 4 is 28.5 Å². The predicted octanol–water partition coefficient (Wildman–Crippen LogP) is 1.31. The molecule has 1 N–H and O–H groups in total. The van der Waals surface area contributed by atoms with E-state index >= 15 is 0 Å². The van der Waals surface area contributed by atoms with Gasteiger partial charge in [-0.05, 0) is 13.8 Å². The Kier molecular flexibility index (Phi) is 4.08. The van der Waals surface area contributed by atoms with Gasteiger partial charge >= 0.3 is 0 Å². The number of carbonyl (C=O) groups is 1. The zero-order chi connectivity index (χ0) is 16.6. The monoisotopic (exact) mass is 335 g/mol. The summed E-state index contributed by atoms with van der Waals surface area (Å²) in [5.41, 5.74) is 2.58. The van der Waals surface area contributed by atoms with Crippen LogP contribution in [-0.4, -0.2) is 41.8 Å². The fourth-order valence-corrected chi connectivity index (χ4v) is 2.58. The molecule has 1 atom stereocenters. The molecule has 3 heterocycles. The summed E-state index contributed by atoms with van der Waals surface area (Å²) >= 11 is 5.80. The van der Waals surface area contributed by atoms with Gasteiger partial charge in [0.25, 0.3) is 0 Å². The van der Waals surface area contributed by atoms with Gasteiger partial charge in [-0.1, -0.05) is 11.6 Å². The van der Waals surface area contributed by atoms with Gasteiger partial charge in [0.15, 0.2) is 0 Å². The molecule has 0 spiro atoms. The zero-order valence-electron chi connectivity index (χ0n) is 13.2. The zero-order valence-corrected chi connectivity index (χ0v) is 13.9. The smallest absolute Gasteiger partial charge is 0.244 e. The maximum absolute atomic E-state index is 12.3. The number of aromatic nitrogens is 6. The summed E-state index contributed by atoms with van der Waals surface area (Å²) in [6.07, 6.45) is 5.12. The first-order valence-corrected chi connectivity index (χ1v) is 7.67. The van der Waals surface area contributed by atoms with Crippen LogP contribution in [0.1, 0.15) is 18.7 Å². The number of hydrogen-bond donors (Lipinski definition) is 1. The number of nitrogens with zero attached hydrogens (tertiary/aromatic N) is 6. The number of amides is 1. The molecule has 23 heavy (non-hydrogen) atoms. The highest BCUT2D eigenvalue weighted by molar-refractivity contribution is 6.30. The fraction of sp³-hybridized carbons (Fsp3) is 0.429. The second-order valence-electron chi connectivity index (χ2n) is 5.44. The molecule has 1 amide bonds. The lowest BCUT2D eigenvalue weighted by Gasteiger charge is -2.12. The van der Waals surface area contributed by atoms with Crippen LogP contribution in [0.25, 0.3) is 11.0 Å². The van der Waals surface area contributed by atoms with E-state index in [9.17, 15) is 4.79 Å². The number of rotatable bonds is 5. The van der Waals surface area contributed by atoms with Crippen molar-refractivity contribution in [3.8, 4) is 0 Å². The first-order valence-electron chi connectivity index (χ1n) is 7.30. The molecule has 0 fully saturated rings. The molecule has 0 saturated carbocycles. The Morgan fingerprint density at radius 2 is 2.17 bits per heavy atom. The molecule has 122 valence electrons. The largest absolute Gasteiger partial charge is 0.352 e. The molecule has 3 rings (SSSR count). The second kappa shape index (κ2) is 6.04. The Labute approximate surface area is 138 Å². The van der Waals surface area contributed by atoms with E-state index in [1.54, 1.807) is 26.4 Å². The molecule has 0 saturated heterocycles. The van der Waals surface area contributed by atoms with Gasteiger partial charge in [-0.2, -0.15) is 15.3 Å². The number of carbonyl (C=O) groups excluding carboxylic acids is 1. The first-order chi connectivity index (χ1) is 11.0. The van der Waals surface area contributed by atoms with Crippen LogP contribution in [0.2, 0.25) is 5.02 Å². The van der Waals surface area contributed by atoms with Gasteiger partial charge in [0.2, 0.25) is 5.91 Å². The third-order valence-corrected chi connectivity index (χ3v) is 3.92. The minimum absolute atomic E-state index is 0.0957. The van der Waals surface area contributed by atoms with E-state index in [1.807, 2.05) is 27.1 Å². The fourth-order valence-electron chi connectivity index (χ4n) is 2.42. The number of hydrogen-bond acceptors (Lipinski definition) is 4. The average molecular weight is 336 g/mol. The van der Waals surface area contributed by atoms with Crippen LogP contribution >= 0.6 is 11.6 Å². The lowest BCUT2D eigenvalue weighted by atomic mass is 10.3. The molecule has 0 aliphatic heterocycles. The number of nitrogens with one attached hydrogen (secondary N) is 1. The topological polar surface area (TPSA) is 82.6 Å². The van der Waals surface area contributed by atoms with Crippen molar-refractivity contribution < 1.29 is 4.79 Å². The van der Waals surface area contributed by atoms with Gasteiger partial charge in [0, 0.05) is 19.8 Å². The van der Waals surface area contributed by atoms with E-state index in [1.165, 1.54) is 0 Å². The Hall–Kier alpha value is -2.35. The SMILES string of the molecule is Cc1nn(C)c2cn([C@@H](C)C(=O)NCCn3cc(Cl)cn3)nc12. The summed E-state index contributed by atoms with van der Waals surface area (Å²) in [6, 6.07) is -0.400. The molecule has 9 heteroatoms. The summed E-state index contributed by atoms with van der Waals surface area (Å²) in [7, 11) is 1.86. The first kappa shape index (κ1) is 15.5. The van der Waals surface area contributed by atoms with Crippen molar-refractivity contribution in [3.05, 3.63) is 29.3 Å². The van der Waals surface area contributed by atoms with Crippen molar-refractivity contribution in [1.82, 2.24) is 34.7 Å². The minimum atomic E-state index is -0.400. The molecule has 8 nitrogen and oxygen atoms in total. The molecule has 3 aromatic rings. The molecule has 3 aromatic heterocycles. The summed E-state index contributed by atoms with van der Waals surface area (Å²) < 4.78 is 5.12. The average Bonchev–Trinajstić information content (AvgIpc) is 3.17. The van der Waals surface area contributed by atoms with Crippen LogP contribution < -0.4 is 5.32 Å². The summed E-state index contributed by atoms with van der Waals surface area (Å²) in [5, 5.41) is 16.3. The highest BCUT2D eigenvalue weighted by Gasteiger charge is 2.18. The Morgan fingerprint density at radius 1 is 1.39 bits per heavy atom. The van der Waals surface area contributed by atoms with E-state index in [4.69, 9.17) is 11.6 Å². The lowest BCUT2D eigenvalue weighted by Crippen LogP contribution is -2.33. The maximum atomic E-state index is 12.3. The molecule has 0 bridgehead atoms. The minimum Gasteiger partial charge on any atom is -0.352 e. The van der Waals surface area contributed by atoms with Gasteiger partial charge in [0.05, 0.1) is 29.7 Å². The summed E-state index contributed by atoms with van der Waals surface area (Å²) in [5.74, 6) is -0.0957. The Balaban J connectivity index is 1.62. The number of aryl methyl sites for hydroxylation is 2. The van der Waals surface area contributed by atoms with Crippen LogP contribution in [0, 0.1) is 6.92 Å². The molecule has 0 radical (unpaired) electrons. The molecular weight excluding hydrogens is 318 g/mol. The molecule has 0 unspecified atom stereocenters. The third-order valence-electron chi connectivity index (χ3n) is 3.72. The van der Waals surface area contributed by atoms with Crippen molar-refractivity contribution in [1.29, 1.82) is 0 Å². The maximum Gasteiger partial charge on any atom is 0.244 e. The van der Waals surface area contributed by atoms with Gasteiger partial charge in [-0.15, -0.1) is 0 Å². The summed E-state index contributed by atoms with van der Waals surface area (Å²) in [4.78, 5) is 12.3. The van der Waals surface area contributed by atoms with Gasteiger partial charge in [-0.25, -0.2) is 0 Å². The van der Waals surface area contributed by atoms with E-state index in [-0.39, 0.29) is 5.91 Å². The van der Waals surface area contributed by atoms with E-state index in [0.29, 0.717) is 18.1 Å². The van der Waals surface area contributed by atoms with Gasteiger partial charge in [0.1, 0.15) is 17.1 Å². The Bertz CT molecular complexity index is 812. The second-order valence-corrected chi connectivity index (χ2v) is 5.88. The Morgan fingerprint density at radius 3 is 2.83 bits per heavy atom. The normalized spacial score (nSPS) is 12.7. The van der Waals surface area contributed by atoms with Crippen molar-refractivity contribution in [3.63, 3.8) is 0 Å². The molecule has 0 aromatic carbocycles. The van der Waals surface area contributed by atoms with Crippen LogP contribution in [0.4, 0.5) is 0 Å². The van der Waals surface area contributed by atoms with E-state index < -0.39 is 6.04 Å². The molecular formula is C14H18ClN7O. The van der Waals surface area contributed by atoms with Crippen molar-refractivity contribution in [2.75, 3.05) is 6.54 Å². The van der Waals surface area contributed by atoms with Crippen LogP contribution in [0.15, 0.2) is 18.6 Å². The standard InChI is InChI=1S/C14H18ClN7O/c1-9-13-12(20(3)18-9)8-22(19-13)10(2)14(23)16-4-5-21-7-11(15)6-17-21/h6-8,10H,4-5H2,1-3H3,(H,16,23)/t10-/m0/s1. The summed E-state index contributed by atoms with van der Waals surface area (Å²) in [6.45, 7) is 4.76. The molecule has 0 aliphatic carbocycles. The third kappa shape index (κ3) is 3.07. The van der Waals surface area contributed by atoms with Crippen molar-refractivity contribution in [2.24, 2.45) is 7.05 Å². The highest BCUT2D eigenvalue weighted by Crippen LogP contribution is 2.17. The van der Waals surface area contributed by atoms with Crippen LogP contribution in [0.3, 0.4) is 0 Å². The molecule has 0 aliphatic rings. The predicted molar refractivity (Wildman–Crippen MR) is 86.2 cm³/mol.